The van der Waals surface area contributed by atoms with Gasteiger partial charge in [0, 0.05) is 25.3 Å². The Labute approximate surface area is 102 Å². The van der Waals surface area contributed by atoms with E-state index in [2.05, 4.69) is 34.9 Å². The fourth-order valence-corrected chi connectivity index (χ4v) is 2.47. The summed E-state index contributed by atoms with van der Waals surface area (Å²) in [6, 6.07) is 4.54. The molecule has 1 aromatic rings. The molecule has 2 rings (SSSR count). The van der Waals surface area contributed by atoms with E-state index in [4.69, 9.17) is 5.26 Å². The van der Waals surface area contributed by atoms with Crippen LogP contribution in [0.3, 0.4) is 0 Å². The Bertz CT molecular complexity index is 422. The van der Waals surface area contributed by atoms with E-state index in [1.54, 1.807) is 12.3 Å². The van der Waals surface area contributed by atoms with Crippen molar-refractivity contribution in [1.82, 2.24) is 9.88 Å². The smallest absolute Gasteiger partial charge is 0.101 e. The van der Waals surface area contributed by atoms with Crippen molar-refractivity contribution in [2.45, 2.75) is 18.9 Å². The molecule has 1 saturated heterocycles. The predicted molar refractivity (Wildman–Crippen MR) is 67.9 cm³/mol. The lowest BCUT2D eigenvalue weighted by Gasteiger charge is -2.29. The van der Waals surface area contributed by atoms with Gasteiger partial charge in [-0.1, -0.05) is 0 Å². The first kappa shape index (κ1) is 11.9. The standard InChI is InChI=1S/C13H18N4/c1-16(2)10-12-4-3-7-17(12)13-9-15-6-5-11(13)8-14/h5-6,9,12H,3-4,7,10H2,1-2H3. The molecule has 1 fully saturated rings. The minimum absolute atomic E-state index is 0.501. The summed E-state index contributed by atoms with van der Waals surface area (Å²) in [5.74, 6) is 0. The third-order valence-corrected chi connectivity index (χ3v) is 3.18. The van der Waals surface area contributed by atoms with Gasteiger partial charge in [0.1, 0.15) is 6.07 Å². The van der Waals surface area contributed by atoms with Gasteiger partial charge in [-0.3, -0.25) is 4.98 Å². The molecule has 1 unspecified atom stereocenters. The maximum Gasteiger partial charge on any atom is 0.101 e. The van der Waals surface area contributed by atoms with Gasteiger partial charge in [0.15, 0.2) is 0 Å². The van der Waals surface area contributed by atoms with Crippen molar-refractivity contribution < 1.29 is 0 Å². The van der Waals surface area contributed by atoms with Crippen molar-refractivity contribution in [3.63, 3.8) is 0 Å². The average Bonchev–Trinajstić information content (AvgIpc) is 2.76. The van der Waals surface area contributed by atoms with E-state index in [1.165, 1.54) is 12.8 Å². The van der Waals surface area contributed by atoms with E-state index in [9.17, 15) is 0 Å². The molecule has 0 spiro atoms. The Balaban J connectivity index is 2.23. The first-order chi connectivity index (χ1) is 8.22. The molecule has 0 amide bonds. The first-order valence-electron chi connectivity index (χ1n) is 5.98. The van der Waals surface area contributed by atoms with Gasteiger partial charge in [-0.15, -0.1) is 0 Å². The molecule has 1 aromatic heterocycles. The number of likely N-dealkylation sites (N-methyl/N-ethyl adjacent to an activating group) is 1. The number of pyridine rings is 1. The van der Waals surface area contributed by atoms with E-state index >= 15 is 0 Å². The van der Waals surface area contributed by atoms with Gasteiger partial charge in [-0.25, -0.2) is 0 Å². The van der Waals surface area contributed by atoms with Crippen LogP contribution in [0.5, 0.6) is 0 Å². The van der Waals surface area contributed by atoms with Crippen LogP contribution in [0, 0.1) is 11.3 Å². The molecular weight excluding hydrogens is 212 g/mol. The SMILES string of the molecule is CN(C)CC1CCCN1c1cnccc1C#N. The third-order valence-electron chi connectivity index (χ3n) is 3.18. The maximum atomic E-state index is 9.13. The summed E-state index contributed by atoms with van der Waals surface area (Å²) in [5.41, 5.74) is 1.71. The van der Waals surface area contributed by atoms with E-state index in [-0.39, 0.29) is 0 Å². The largest absolute Gasteiger partial charge is 0.365 e. The molecular formula is C13H18N4. The molecule has 0 N–H and O–H groups in total. The molecule has 0 aromatic carbocycles. The number of aromatic nitrogens is 1. The number of anilines is 1. The van der Waals surface area contributed by atoms with Crippen LogP contribution in [-0.2, 0) is 0 Å². The fourth-order valence-electron chi connectivity index (χ4n) is 2.47. The second-order valence-electron chi connectivity index (χ2n) is 4.76. The van der Waals surface area contributed by atoms with Gasteiger partial charge in [-0.05, 0) is 33.0 Å². The lowest BCUT2D eigenvalue weighted by molar-refractivity contribution is 0.372. The number of hydrogen-bond acceptors (Lipinski definition) is 4. The van der Waals surface area contributed by atoms with Gasteiger partial charge in [-0.2, -0.15) is 5.26 Å². The summed E-state index contributed by atoms with van der Waals surface area (Å²) in [6.45, 7) is 2.05. The topological polar surface area (TPSA) is 43.2 Å². The highest BCUT2D eigenvalue weighted by Crippen LogP contribution is 2.27. The highest BCUT2D eigenvalue weighted by molar-refractivity contribution is 5.58. The fraction of sp³-hybridized carbons (Fsp3) is 0.538. The molecule has 2 heterocycles. The summed E-state index contributed by atoms with van der Waals surface area (Å²) in [6.07, 6.45) is 5.88. The number of hydrogen-bond donors (Lipinski definition) is 0. The van der Waals surface area contributed by atoms with E-state index < -0.39 is 0 Å². The molecule has 4 nitrogen and oxygen atoms in total. The average molecular weight is 230 g/mol. The molecule has 0 aliphatic carbocycles. The normalized spacial score (nSPS) is 19.6. The van der Waals surface area contributed by atoms with Crippen molar-refractivity contribution in [2.75, 3.05) is 32.1 Å². The first-order valence-corrected chi connectivity index (χ1v) is 5.98. The third kappa shape index (κ3) is 2.56. The molecule has 1 aliphatic heterocycles. The van der Waals surface area contributed by atoms with Crippen molar-refractivity contribution >= 4 is 5.69 Å². The van der Waals surface area contributed by atoms with Crippen LogP contribution in [0.1, 0.15) is 18.4 Å². The number of rotatable bonds is 3. The Morgan fingerprint density at radius 3 is 3.12 bits per heavy atom. The van der Waals surface area contributed by atoms with Gasteiger partial charge in [0.2, 0.25) is 0 Å². The molecule has 0 bridgehead atoms. The van der Waals surface area contributed by atoms with Crippen LogP contribution in [0.15, 0.2) is 18.5 Å². The van der Waals surface area contributed by atoms with E-state index in [0.717, 1.165) is 24.3 Å². The summed E-state index contributed by atoms with van der Waals surface area (Å²) >= 11 is 0. The van der Waals surface area contributed by atoms with Crippen LogP contribution in [0.4, 0.5) is 5.69 Å². The van der Waals surface area contributed by atoms with E-state index in [0.29, 0.717) is 6.04 Å². The number of nitriles is 1. The van der Waals surface area contributed by atoms with Gasteiger partial charge in [0.25, 0.3) is 0 Å². The van der Waals surface area contributed by atoms with Crippen molar-refractivity contribution in [3.8, 4) is 6.07 Å². The summed E-state index contributed by atoms with van der Waals surface area (Å²) in [7, 11) is 4.18. The van der Waals surface area contributed by atoms with Crippen LogP contribution in [-0.4, -0.2) is 43.1 Å². The van der Waals surface area contributed by atoms with Crippen LogP contribution in [0.2, 0.25) is 0 Å². The Hall–Kier alpha value is -1.60. The Kier molecular flexibility index (Phi) is 3.60. The minimum atomic E-state index is 0.501. The monoisotopic (exact) mass is 230 g/mol. The Morgan fingerprint density at radius 2 is 2.41 bits per heavy atom. The summed E-state index contributed by atoms with van der Waals surface area (Å²) in [4.78, 5) is 8.67. The second-order valence-corrected chi connectivity index (χ2v) is 4.76. The second kappa shape index (κ2) is 5.15. The molecule has 1 aliphatic rings. The molecule has 90 valence electrons. The van der Waals surface area contributed by atoms with Crippen LogP contribution in [0.25, 0.3) is 0 Å². The number of nitrogens with zero attached hydrogens (tertiary/aromatic N) is 4. The molecule has 0 saturated carbocycles. The summed E-state index contributed by atoms with van der Waals surface area (Å²) in [5, 5.41) is 9.13. The van der Waals surface area contributed by atoms with Crippen molar-refractivity contribution in [1.29, 1.82) is 5.26 Å². The zero-order chi connectivity index (χ0) is 12.3. The van der Waals surface area contributed by atoms with E-state index in [1.807, 2.05) is 6.20 Å². The van der Waals surface area contributed by atoms with Gasteiger partial charge >= 0.3 is 0 Å². The lowest BCUT2D eigenvalue weighted by Crippen LogP contribution is -2.37. The maximum absolute atomic E-state index is 9.13. The summed E-state index contributed by atoms with van der Waals surface area (Å²) < 4.78 is 0. The van der Waals surface area contributed by atoms with Crippen LogP contribution < -0.4 is 4.90 Å². The van der Waals surface area contributed by atoms with Crippen LogP contribution >= 0.6 is 0 Å². The Morgan fingerprint density at radius 1 is 1.59 bits per heavy atom. The quantitative estimate of drug-likeness (QED) is 0.789. The molecule has 4 heteroatoms. The zero-order valence-corrected chi connectivity index (χ0v) is 10.4. The minimum Gasteiger partial charge on any atom is -0.365 e. The molecule has 1 atom stereocenters. The lowest BCUT2D eigenvalue weighted by atomic mass is 10.1. The van der Waals surface area contributed by atoms with Gasteiger partial charge in [0.05, 0.1) is 17.4 Å². The van der Waals surface area contributed by atoms with Crippen molar-refractivity contribution in [3.05, 3.63) is 24.0 Å². The highest BCUT2D eigenvalue weighted by atomic mass is 15.2. The highest BCUT2D eigenvalue weighted by Gasteiger charge is 2.26. The zero-order valence-electron chi connectivity index (χ0n) is 10.4. The van der Waals surface area contributed by atoms with Gasteiger partial charge < -0.3 is 9.80 Å². The molecule has 0 radical (unpaired) electrons. The predicted octanol–water partition coefficient (Wildman–Crippen LogP) is 1.48. The van der Waals surface area contributed by atoms with Crippen molar-refractivity contribution in [2.24, 2.45) is 0 Å². The molecule has 17 heavy (non-hydrogen) atoms.